The van der Waals surface area contributed by atoms with Crippen molar-refractivity contribution in [3.8, 4) is 0 Å². The van der Waals surface area contributed by atoms with Crippen molar-refractivity contribution in [1.82, 2.24) is 4.98 Å². The standard InChI is InChI=1S/C7H6BrN/c1-2-6-3-4-9-7(8)5-6/h2-5H,1H2. The summed E-state index contributed by atoms with van der Waals surface area (Å²) in [6.07, 6.45) is 3.52. The van der Waals surface area contributed by atoms with Gasteiger partial charge in [-0.25, -0.2) is 4.98 Å². The van der Waals surface area contributed by atoms with Crippen LogP contribution in [0.25, 0.3) is 6.08 Å². The molecule has 0 radical (unpaired) electrons. The Morgan fingerprint density at radius 1 is 1.67 bits per heavy atom. The van der Waals surface area contributed by atoms with E-state index in [0.717, 1.165) is 10.2 Å². The maximum Gasteiger partial charge on any atom is 0.106 e. The Labute approximate surface area is 62.6 Å². The van der Waals surface area contributed by atoms with Gasteiger partial charge in [0.05, 0.1) is 0 Å². The first kappa shape index (κ1) is 6.49. The summed E-state index contributed by atoms with van der Waals surface area (Å²) >= 11 is 3.24. The minimum atomic E-state index is 0.847. The van der Waals surface area contributed by atoms with Gasteiger partial charge in [0.1, 0.15) is 4.60 Å². The minimum absolute atomic E-state index is 0.847. The van der Waals surface area contributed by atoms with E-state index in [1.807, 2.05) is 12.1 Å². The second-order valence-corrected chi connectivity index (χ2v) is 2.43. The Balaban J connectivity index is 3.07. The Morgan fingerprint density at radius 2 is 2.44 bits per heavy atom. The van der Waals surface area contributed by atoms with Gasteiger partial charge < -0.3 is 0 Å². The fourth-order valence-electron chi connectivity index (χ4n) is 0.544. The van der Waals surface area contributed by atoms with Crippen molar-refractivity contribution in [1.29, 1.82) is 0 Å². The molecule has 0 N–H and O–H groups in total. The summed E-state index contributed by atoms with van der Waals surface area (Å²) in [5.41, 5.74) is 1.08. The van der Waals surface area contributed by atoms with Crippen molar-refractivity contribution in [3.05, 3.63) is 35.1 Å². The number of rotatable bonds is 1. The zero-order valence-corrected chi connectivity index (χ0v) is 6.43. The second-order valence-electron chi connectivity index (χ2n) is 1.62. The van der Waals surface area contributed by atoms with Gasteiger partial charge >= 0.3 is 0 Å². The molecule has 0 bridgehead atoms. The first-order valence-corrected chi connectivity index (χ1v) is 3.36. The van der Waals surface area contributed by atoms with E-state index < -0.39 is 0 Å². The van der Waals surface area contributed by atoms with Crippen LogP contribution in [0.5, 0.6) is 0 Å². The monoisotopic (exact) mass is 183 g/mol. The van der Waals surface area contributed by atoms with E-state index in [4.69, 9.17) is 0 Å². The van der Waals surface area contributed by atoms with Crippen LogP contribution in [0.15, 0.2) is 29.5 Å². The quantitative estimate of drug-likeness (QED) is 0.611. The van der Waals surface area contributed by atoms with Crippen LogP contribution >= 0.6 is 15.9 Å². The van der Waals surface area contributed by atoms with Gasteiger partial charge in [-0.15, -0.1) is 0 Å². The molecular weight excluding hydrogens is 178 g/mol. The van der Waals surface area contributed by atoms with Gasteiger partial charge in [0.15, 0.2) is 0 Å². The Bertz CT molecular complexity index is 220. The summed E-state index contributed by atoms with van der Waals surface area (Å²) in [6, 6.07) is 3.81. The third kappa shape index (κ3) is 1.64. The second kappa shape index (κ2) is 2.78. The zero-order valence-electron chi connectivity index (χ0n) is 4.84. The van der Waals surface area contributed by atoms with Crippen LogP contribution in [0, 0.1) is 0 Å². The van der Waals surface area contributed by atoms with Crippen molar-refractivity contribution >= 4 is 22.0 Å². The van der Waals surface area contributed by atoms with Crippen LogP contribution in [0.2, 0.25) is 0 Å². The van der Waals surface area contributed by atoms with E-state index in [0.29, 0.717) is 0 Å². The average molecular weight is 184 g/mol. The Morgan fingerprint density at radius 3 is 2.89 bits per heavy atom. The highest BCUT2D eigenvalue weighted by atomic mass is 79.9. The molecular formula is C7H6BrN. The maximum absolute atomic E-state index is 3.96. The molecule has 1 rings (SSSR count). The van der Waals surface area contributed by atoms with Crippen LogP contribution in [0.3, 0.4) is 0 Å². The number of pyridine rings is 1. The van der Waals surface area contributed by atoms with Gasteiger partial charge in [0.25, 0.3) is 0 Å². The van der Waals surface area contributed by atoms with Gasteiger partial charge in [0.2, 0.25) is 0 Å². The predicted octanol–water partition coefficient (Wildman–Crippen LogP) is 2.49. The highest BCUT2D eigenvalue weighted by Gasteiger charge is 1.86. The van der Waals surface area contributed by atoms with Crippen LogP contribution in [-0.4, -0.2) is 4.98 Å². The minimum Gasteiger partial charge on any atom is -0.249 e. The molecule has 0 fully saturated rings. The lowest BCUT2D eigenvalue weighted by Gasteiger charge is -1.90. The van der Waals surface area contributed by atoms with Crippen LogP contribution in [0.1, 0.15) is 5.56 Å². The number of hydrogen-bond donors (Lipinski definition) is 0. The average Bonchev–Trinajstić information content (AvgIpc) is 1.88. The molecule has 0 aliphatic heterocycles. The van der Waals surface area contributed by atoms with Crippen molar-refractivity contribution in [2.75, 3.05) is 0 Å². The normalized spacial score (nSPS) is 9.00. The highest BCUT2D eigenvalue weighted by molar-refractivity contribution is 9.10. The molecule has 9 heavy (non-hydrogen) atoms. The third-order valence-electron chi connectivity index (χ3n) is 0.986. The molecule has 0 aliphatic rings. The molecule has 0 aromatic carbocycles. The lowest BCUT2D eigenvalue weighted by Crippen LogP contribution is -1.74. The first-order chi connectivity index (χ1) is 4.33. The lowest BCUT2D eigenvalue weighted by atomic mass is 10.3. The predicted molar refractivity (Wildman–Crippen MR) is 42.0 cm³/mol. The number of nitrogens with zero attached hydrogens (tertiary/aromatic N) is 1. The summed E-state index contributed by atoms with van der Waals surface area (Å²) < 4.78 is 0.847. The fraction of sp³-hybridized carbons (Fsp3) is 0. The molecule has 0 atom stereocenters. The Kier molecular flexibility index (Phi) is 2.01. The number of hydrogen-bond acceptors (Lipinski definition) is 1. The van der Waals surface area contributed by atoms with Gasteiger partial charge in [-0.2, -0.15) is 0 Å². The molecule has 1 aromatic rings. The molecule has 0 aliphatic carbocycles. The SMILES string of the molecule is C=Cc1ccnc(Br)c1. The number of halogens is 1. The van der Waals surface area contributed by atoms with Gasteiger partial charge in [-0.3, -0.25) is 0 Å². The molecule has 46 valence electrons. The largest absolute Gasteiger partial charge is 0.249 e. The fourth-order valence-corrected chi connectivity index (χ4v) is 0.927. The third-order valence-corrected chi connectivity index (χ3v) is 1.42. The topological polar surface area (TPSA) is 12.9 Å². The number of aromatic nitrogens is 1. The van der Waals surface area contributed by atoms with E-state index in [1.165, 1.54) is 0 Å². The molecule has 0 spiro atoms. The van der Waals surface area contributed by atoms with E-state index in [-0.39, 0.29) is 0 Å². The zero-order chi connectivity index (χ0) is 6.69. The van der Waals surface area contributed by atoms with Gasteiger partial charge in [-0.1, -0.05) is 12.7 Å². The van der Waals surface area contributed by atoms with Crippen LogP contribution in [-0.2, 0) is 0 Å². The summed E-state index contributed by atoms with van der Waals surface area (Å²) in [5, 5.41) is 0. The van der Waals surface area contributed by atoms with Gasteiger partial charge in [0, 0.05) is 6.20 Å². The van der Waals surface area contributed by atoms with E-state index in [9.17, 15) is 0 Å². The molecule has 0 amide bonds. The summed E-state index contributed by atoms with van der Waals surface area (Å²) in [7, 11) is 0. The molecule has 0 saturated carbocycles. The molecule has 1 nitrogen and oxygen atoms in total. The maximum atomic E-state index is 3.96. The van der Waals surface area contributed by atoms with Crippen molar-refractivity contribution in [3.63, 3.8) is 0 Å². The molecule has 1 aromatic heterocycles. The van der Waals surface area contributed by atoms with Crippen molar-refractivity contribution in [2.24, 2.45) is 0 Å². The molecule has 1 heterocycles. The lowest BCUT2D eigenvalue weighted by molar-refractivity contribution is 1.27. The van der Waals surface area contributed by atoms with Crippen molar-refractivity contribution < 1.29 is 0 Å². The van der Waals surface area contributed by atoms with E-state index in [2.05, 4.69) is 27.5 Å². The summed E-state index contributed by atoms with van der Waals surface area (Å²) in [5.74, 6) is 0. The molecule has 0 unspecified atom stereocenters. The smallest absolute Gasteiger partial charge is 0.106 e. The van der Waals surface area contributed by atoms with E-state index >= 15 is 0 Å². The van der Waals surface area contributed by atoms with Gasteiger partial charge in [-0.05, 0) is 33.6 Å². The molecule has 2 heteroatoms. The first-order valence-electron chi connectivity index (χ1n) is 2.57. The van der Waals surface area contributed by atoms with Crippen molar-refractivity contribution in [2.45, 2.75) is 0 Å². The van der Waals surface area contributed by atoms with Crippen LogP contribution < -0.4 is 0 Å². The van der Waals surface area contributed by atoms with Crippen LogP contribution in [0.4, 0.5) is 0 Å². The van der Waals surface area contributed by atoms with E-state index in [1.54, 1.807) is 12.3 Å². The summed E-state index contributed by atoms with van der Waals surface area (Å²) in [4.78, 5) is 3.96. The highest BCUT2D eigenvalue weighted by Crippen LogP contribution is 2.07. The summed E-state index contributed by atoms with van der Waals surface area (Å²) in [6.45, 7) is 3.62. The Hall–Kier alpha value is -0.630. The molecule has 0 saturated heterocycles.